The van der Waals surface area contributed by atoms with Crippen LogP contribution in [0.2, 0.25) is 0 Å². The minimum Gasteiger partial charge on any atom is -0.468 e. The predicted molar refractivity (Wildman–Crippen MR) is 111 cm³/mol. The summed E-state index contributed by atoms with van der Waals surface area (Å²) in [5.74, 6) is 2.39. The van der Waals surface area contributed by atoms with Crippen LogP contribution in [0.25, 0.3) is 0 Å². The number of piperidine rings is 1. The van der Waals surface area contributed by atoms with Gasteiger partial charge in [0.2, 0.25) is 0 Å². The van der Waals surface area contributed by atoms with Crippen LogP contribution in [0.15, 0.2) is 56.9 Å². The lowest BCUT2D eigenvalue weighted by Crippen LogP contribution is -2.40. The van der Waals surface area contributed by atoms with E-state index < -0.39 is 0 Å². The largest absolute Gasteiger partial charge is 0.468 e. The number of rotatable bonds is 8. The van der Waals surface area contributed by atoms with Crippen molar-refractivity contribution in [1.82, 2.24) is 19.8 Å². The molecule has 0 unspecified atom stereocenters. The maximum absolute atomic E-state index is 12.6. The van der Waals surface area contributed by atoms with Crippen molar-refractivity contribution in [2.75, 3.05) is 19.6 Å². The number of imidazole rings is 1. The number of likely N-dealkylation sites (tertiary alicyclic amines) is 1. The van der Waals surface area contributed by atoms with Crippen LogP contribution in [-0.2, 0) is 12.8 Å². The third-order valence-corrected chi connectivity index (χ3v) is 6.25. The molecule has 1 amide bonds. The molecule has 4 heterocycles. The Morgan fingerprint density at radius 1 is 1.28 bits per heavy atom. The summed E-state index contributed by atoms with van der Waals surface area (Å²) in [4.78, 5) is 19.3. The van der Waals surface area contributed by atoms with Crippen LogP contribution in [0.1, 0.15) is 47.4 Å². The molecule has 0 aromatic carbocycles. The van der Waals surface area contributed by atoms with E-state index in [2.05, 4.69) is 15.2 Å². The van der Waals surface area contributed by atoms with E-state index in [1.54, 1.807) is 30.3 Å². The van der Waals surface area contributed by atoms with Crippen LogP contribution in [0.4, 0.5) is 0 Å². The van der Waals surface area contributed by atoms with Gasteiger partial charge in [-0.3, -0.25) is 9.69 Å². The quantitative estimate of drug-likeness (QED) is 0.564. The summed E-state index contributed by atoms with van der Waals surface area (Å²) < 4.78 is 13.3. The summed E-state index contributed by atoms with van der Waals surface area (Å²) in [6.45, 7) is 2.54. The normalized spacial score (nSPS) is 16.0. The van der Waals surface area contributed by atoms with Gasteiger partial charge in [-0.05, 0) is 50.2 Å². The second kappa shape index (κ2) is 9.37. The summed E-state index contributed by atoms with van der Waals surface area (Å²) in [6.07, 6.45) is 8.98. The lowest BCUT2D eigenvalue weighted by Gasteiger charge is -2.33. The molecule has 3 aromatic rings. The molecule has 3 aromatic heterocycles. The summed E-state index contributed by atoms with van der Waals surface area (Å²) in [6, 6.07) is 7.49. The Labute approximate surface area is 174 Å². The first-order chi connectivity index (χ1) is 14.2. The number of hydrogen-bond acceptors (Lipinski definition) is 6. The highest BCUT2D eigenvalue weighted by Gasteiger charge is 2.25. The maximum atomic E-state index is 12.6. The Kier molecular flexibility index (Phi) is 6.41. The lowest BCUT2D eigenvalue weighted by molar-refractivity contribution is 0.0886. The highest BCUT2D eigenvalue weighted by Crippen LogP contribution is 2.25. The molecule has 1 saturated heterocycles. The van der Waals surface area contributed by atoms with Crippen molar-refractivity contribution >= 4 is 17.7 Å². The van der Waals surface area contributed by atoms with Crippen LogP contribution in [0, 0.1) is 0 Å². The number of furan rings is 2. The van der Waals surface area contributed by atoms with E-state index >= 15 is 0 Å². The Balaban J connectivity index is 1.34. The summed E-state index contributed by atoms with van der Waals surface area (Å²) in [5.41, 5.74) is 0. The molecule has 0 spiro atoms. The second-order valence-corrected chi connectivity index (χ2v) is 8.16. The van der Waals surface area contributed by atoms with Crippen LogP contribution >= 0.6 is 11.8 Å². The standard InChI is InChI=1S/C21H26N4O3S/c1-24-12-9-22-21(24)29-15-16-7-8-19(28-16)20(26)23-14-17(18-6-5-13-27-18)25-10-3-2-4-11-25/h5-9,12-13,17H,2-4,10-11,14-15H2,1H3,(H,23,26)/t17-/m0/s1. The number of nitrogens with one attached hydrogen (secondary N) is 1. The highest BCUT2D eigenvalue weighted by atomic mass is 32.2. The fourth-order valence-electron chi connectivity index (χ4n) is 3.60. The Bertz CT molecular complexity index is 912. The van der Waals surface area contributed by atoms with Crippen LogP contribution in [0.3, 0.4) is 0 Å². The van der Waals surface area contributed by atoms with Crippen molar-refractivity contribution in [2.45, 2.75) is 36.2 Å². The molecular formula is C21H26N4O3S. The number of hydrogen-bond donors (Lipinski definition) is 1. The fourth-order valence-corrected chi connectivity index (χ4v) is 4.43. The fraction of sp³-hybridized carbons (Fsp3) is 0.429. The minimum absolute atomic E-state index is 0.0441. The smallest absolute Gasteiger partial charge is 0.287 e. The van der Waals surface area contributed by atoms with Gasteiger partial charge in [-0.25, -0.2) is 4.98 Å². The van der Waals surface area contributed by atoms with Crippen molar-refractivity contribution in [3.05, 3.63) is 60.2 Å². The summed E-state index contributed by atoms with van der Waals surface area (Å²) in [5, 5.41) is 3.93. The summed E-state index contributed by atoms with van der Waals surface area (Å²) in [7, 11) is 1.95. The maximum Gasteiger partial charge on any atom is 0.287 e. The van der Waals surface area contributed by atoms with Gasteiger partial charge in [-0.15, -0.1) is 0 Å². The van der Waals surface area contributed by atoms with Gasteiger partial charge in [-0.2, -0.15) is 0 Å². The van der Waals surface area contributed by atoms with Gasteiger partial charge in [0, 0.05) is 26.0 Å². The second-order valence-electron chi connectivity index (χ2n) is 7.21. The van der Waals surface area contributed by atoms with Crippen molar-refractivity contribution in [3.8, 4) is 0 Å². The molecule has 0 saturated carbocycles. The van der Waals surface area contributed by atoms with Crippen molar-refractivity contribution < 1.29 is 13.6 Å². The molecule has 1 atom stereocenters. The van der Waals surface area contributed by atoms with E-state index in [1.807, 2.05) is 36.0 Å². The van der Waals surface area contributed by atoms with Gasteiger partial charge in [0.1, 0.15) is 11.5 Å². The van der Waals surface area contributed by atoms with Gasteiger partial charge >= 0.3 is 0 Å². The molecule has 1 aliphatic rings. The zero-order valence-electron chi connectivity index (χ0n) is 16.5. The van der Waals surface area contributed by atoms with Crippen LogP contribution < -0.4 is 5.32 Å². The molecule has 154 valence electrons. The van der Waals surface area contributed by atoms with Crippen molar-refractivity contribution in [1.29, 1.82) is 0 Å². The topological polar surface area (TPSA) is 76.4 Å². The monoisotopic (exact) mass is 414 g/mol. The Hall–Kier alpha value is -2.45. The molecule has 1 aliphatic heterocycles. The molecule has 29 heavy (non-hydrogen) atoms. The average molecular weight is 415 g/mol. The third kappa shape index (κ3) is 4.94. The number of amides is 1. The van der Waals surface area contributed by atoms with Gasteiger partial charge in [-0.1, -0.05) is 18.2 Å². The number of carbonyl (C=O) groups is 1. The SMILES string of the molecule is Cn1ccnc1SCc1ccc(C(=O)NC[C@@H](c2ccco2)N2CCCCC2)o1. The molecule has 1 N–H and O–H groups in total. The highest BCUT2D eigenvalue weighted by molar-refractivity contribution is 7.98. The molecule has 8 heteroatoms. The number of thioether (sulfide) groups is 1. The predicted octanol–water partition coefficient (Wildman–Crippen LogP) is 3.86. The van der Waals surface area contributed by atoms with E-state index in [0.29, 0.717) is 18.1 Å². The molecule has 4 rings (SSSR count). The number of carbonyl (C=O) groups excluding carboxylic acids is 1. The molecule has 1 fully saturated rings. The Morgan fingerprint density at radius 2 is 2.14 bits per heavy atom. The number of aryl methyl sites for hydroxylation is 1. The first kappa shape index (κ1) is 19.8. The van der Waals surface area contributed by atoms with E-state index in [4.69, 9.17) is 8.83 Å². The first-order valence-electron chi connectivity index (χ1n) is 9.95. The molecule has 0 bridgehead atoms. The number of nitrogens with zero attached hydrogens (tertiary/aromatic N) is 3. The van der Waals surface area contributed by atoms with E-state index in [0.717, 1.165) is 29.8 Å². The lowest BCUT2D eigenvalue weighted by atomic mass is 10.1. The average Bonchev–Trinajstić information content (AvgIpc) is 3.50. The van der Waals surface area contributed by atoms with Crippen LogP contribution in [-0.4, -0.2) is 40.0 Å². The van der Waals surface area contributed by atoms with Gasteiger partial charge in [0.25, 0.3) is 5.91 Å². The molecule has 0 radical (unpaired) electrons. The van der Waals surface area contributed by atoms with Crippen molar-refractivity contribution in [2.24, 2.45) is 7.05 Å². The van der Waals surface area contributed by atoms with Gasteiger partial charge in [0.05, 0.1) is 18.1 Å². The van der Waals surface area contributed by atoms with Crippen LogP contribution in [0.5, 0.6) is 0 Å². The van der Waals surface area contributed by atoms with E-state index in [9.17, 15) is 4.79 Å². The molecule has 7 nitrogen and oxygen atoms in total. The number of aromatic nitrogens is 2. The molecule has 0 aliphatic carbocycles. The van der Waals surface area contributed by atoms with E-state index in [1.165, 1.54) is 19.3 Å². The van der Waals surface area contributed by atoms with E-state index in [-0.39, 0.29) is 11.9 Å². The Morgan fingerprint density at radius 3 is 2.86 bits per heavy atom. The van der Waals surface area contributed by atoms with Gasteiger partial charge in [0.15, 0.2) is 10.9 Å². The van der Waals surface area contributed by atoms with Gasteiger partial charge < -0.3 is 18.7 Å². The third-order valence-electron chi connectivity index (χ3n) is 5.16. The summed E-state index contributed by atoms with van der Waals surface area (Å²) >= 11 is 1.57. The zero-order valence-corrected chi connectivity index (χ0v) is 17.4. The molecular weight excluding hydrogens is 388 g/mol. The van der Waals surface area contributed by atoms with Crippen molar-refractivity contribution in [3.63, 3.8) is 0 Å². The minimum atomic E-state index is -0.202. The first-order valence-corrected chi connectivity index (χ1v) is 10.9. The zero-order chi connectivity index (χ0) is 20.1.